The van der Waals surface area contributed by atoms with Gasteiger partial charge in [-0.15, -0.1) is 0 Å². The fraction of sp³-hybridized carbons (Fsp3) is 0.462. The molecule has 17 heavy (non-hydrogen) atoms. The lowest BCUT2D eigenvalue weighted by Crippen LogP contribution is -2.30. The molecule has 0 fully saturated rings. The van der Waals surface area contributed by atoms with Gasteiger partial charge in [-0.2, -0.15) is 0 Å². The summed E-state index contributed by atoms with van der Waals surface area (Å²) in [5, 5.41) is 2.81. The van der Waals surface area contributed by atoms with Gasteiger partial charge in [0.05, 0.1) is 14.2 Å². The third-order valence-corrected chi connectivity index (χ3v) is 2.03. The van der Waals surface area contributed by atoms with Gasteiger partial charge < -0.3 is 14.8 Å². The molecular weight excluding hydrogens is 218 g/mol. The molecule has 96 valence electrons. The molecule has 0 bridgehead atoms. The summed E-state index contributed by atoms with van der Waals surface area (Å²) in [5.74, 6) is 1.08. The predicted molar refractivity (Wildman–Crippen MR) is 68.9 cm³/mol. The van der Waals surface area contributed by atoms with Crippen LogP contribution in [0.5, 0.6) is 11.5 Å². The molecule has 0 spiro atoms. The molecule has 4 heteroatoms. The van der Waals surface area contributed by atoms with Gasteiger partial charge in [0.2, 0.25) is 0 Å². The zero-order valence-electron chi connectivity index (χ0n) is 10.0. The highest BCUT2D eigenvalue weighted by atomic mass is 16.5. The largest absolute Gasteiger partial charge is 0.497 e. The molecule has 0 saturated carbocycles. The first-order valence-corrected chi connectivity index (χ1v) is 5.10. The number of amides is 1. The average Bonchev–Trinajstić information content (AvgIpc) is 2.27. The molecule has 1 aromatic rings. The van der Waals surface area contributed by atoms with Crippen LogP contribution in [0.25, 0.3) is 0 Å². The van der Waals surface area contributed by atoms with Gasteiger partial charge in [0.1, 0.15) is 11.5 Å². The van der Waals surface area contributed by atoms with Gasteiger partial charge in [-0.05, 0) is 26.0 Å². The molecule has 0 heterocycles. The molecular formula is C13H21NO3. The Morgan fingerprint density at radius 1 is 1.12 bits per heavy atom. The smallest absolute Gasteiger partial charge is 0.251 e. The van der Waals surface area contributed by atoms with E-state index < -0.39 is 0 Å². The van der Waals surface area contributed by atoms with E-state index >= 15 is 0 Å². The van der Waals surface area contributed by atoms with Crippen LogP contribution in [0.4, 0.5) is 0 Å². The standard InChI is InChI=1S/C12H17NO3.CH4/c1-8(2)13-12(14)9-5-10(15-3)7-11(6-9)16-4;/h5-8H,1-4H3,(H,13,14);1H4. The second-order valence-electron chi connectivity index (χ2n) is 3.73. The van der Waals surface area contributed by atoms with Crippen molar-refractivity contribution in [2.75, 3.05) is 14.2 Å². The van der Waals surface area contributed by atoms with Crippen LogP contribution >= 0.6 is 0 Å². The van der Waals surface area contributed by atoms with Crippen molar-refractivity contribution in [3.05, 3.63) is 23.8 Å². The maximum absolute atomic E-state index is 11.8. The van der Waals surface area contributed by atoms with Crippen LogP contribution in [0.2, 0.25) is 0 Å². The van der Waals surface area contributed by atoms with E-state index in [1.807, 2.05) is 13.8 Å². The van der Waals surface area contributed by atoms with Crippen molar-refractivity contribution in [2.24, 2.45) is 0 Å². The van der Waals surface area contributed by atoms with Gasteiger partial charge in [-0.1, -0.05) is 7.43 Å². The predicted octanol–water partition coefficient (Wildman–Crippen LogP) is 2.48. The second-order valence-corrected chi connectivity index (χ2v) is 3.73. The average molecular weight is 239 g/mol. The molecule has 0 aliphatic rings. The van der Waals surface area contributed by atoms with E-state index in [0.717, 1.165) is 0 Å². The first-order chi connectivity index (χ1) is 7.56. The van der Waals surface area contributed by atoms with E-state index in [-0.39, 0.29) is 19.4 Å². The molecule has 4 nitrogen and oxygen atoms in total. The van der Waals surface area contributed by atoms with Crippen LogP contribution < -0.4 is 14.8 Å². The Kier molecular flexibility index (Phi) is 6.10. The highest BCUT2D eigenvalue weighted by molar-refractivity contribution is 5.95. The van der Waals surface area contributed by atoms with Crippen molar-refractivity contribution < 1.29 is 14.3 Å². The lowest BCUT2D eigenvalue weighted by atomic mass is 10.1. The number of benzene rings is 1. The fourth-order valence-electron chi connectivity index (χ4n) is 1.28. The van der Waals surface area contributed by atoms with E-state index in [1.54, 1.807) is 32.4 Å². The van der Waals surface area contributed by atoms with E-state index in [4.69, 9.17) is 9.47 Å². The van der Waals surface area contributed by atoms with E-state index in [0.29, 0.717) is 17.1 Å². The van der Waals surface area contributed by atoms with Gasteiger partial charge in [0.25, 0.3) is 5.91 Å². The topological polar surface area (TPSA) is 47.6 Å². The maximum Gasteiger partial charge on any atom is 0.251 e. The number of hydrogen-bond donors (Lipinski definition) is 1. The summed E-state index contributed by atoms with van der Waals surface area (Å²) in [6.45, 7) is 3.82. The van der Waals surface area contributed by atoms with Crippen molar-refractivity contribution in [3.63, 3.8) is 0 Å². The van der Waals surface area contributed by atoms with Gasteiger partial charge >= 0.3 is 0 Å². The second kappa shape index (κ2) is 6.78. The minimum Gasteiger partial charge on any atom is -0.497 e. The Hall–Kier alpha value is -1.71. The number of carbonyl (C=O) groups is 1. The zero-order valence-corrected chi connectivity index (χ0v) is 10.0. The van der Waals surface area contributed by atoms with Crippen molar-refractivity contribution in [2.45, 2.75) is 27.3 Å². The molecule has 0 atom stereocenters. The van der Waals surface area contributed by atoms with Crippen molar-refractivity contribution in [3.8, 4) is 11.5 Å². The number of ether oxygens (including phenoxy) is 2. The maximum atomic E-state index is 11.8. The summed E-state index contributed by atoms with van der Waals surface area (Å²) < 4.78 is 10.2. The van der Waals surface area contributed by atoms with Crippen LogP contribution in [-0.4, -0.2) is 26.2 Å². The fourth-order valence-corrected chi connectivity index (χ4v) is 1.28. The molecule has 1 N–H and O–H groups in total. The Labute approximate surface area is 103 Å². The highest BCUT2D eigenvalue weighted by Gasteiger charge is 2.10. The van der Waals surface area contributed by atoms with E-state index in [9.17, 15) is 4.79 Å². The van der Waals surface area contributed by atoms with Gasteiger partial charge in [0.15, 0.2) is 0 Å². The van der Waals surface area contributed by atoms with E-state index in [2.05, 4.69) is 5.32 Å². The summed E-state index contributed by atoms with van der Waals surface area (Å²) in [5.41, 5.74) is 0.532. The normalized spacial score (nSPS) is 9.47. The summed E-state index contributed by atoms with van der Waals surface area (Å²) >= 11 is 0. The van der Waals surface area contributed by atoms with Gasteiger partial charge in [-0.3, -0.25) is 4.79 Å². The lowest BCUT2D eigenvalue weighted by molar-refractivity contribution is 0.0942. The molecule has 0 saturated heterocycles. The van der Waals surface area contributed by atoms with Gasteiger partial charge in [0, 0.05) is 17.7 Å². The number of rotatable bonds is 4. The molecule has 0 unspecified atom stereocenters. The zero-order chi connectivity index (χ0) is 12.1. The monoisotopic (exact) mass is 239 g/mol. The molecule has 1 rings (SSSR count). The number of hydrogen-bond acceptors (Lipinski definition) is 3. The summed E-state index contributed by atoms with van der Waals surface area (Å²) in [6.07, 6.45) is 0. The molecule has 0 aliphatic carbocycles. The molecule has 0 aliphatic heterocycles. The highest BCUT2D eigenvalue weighted by Crippen LogP contribution is 2.22. The SMILES string of the molecule is C.COc1cc(OC)cc(C(=O)NC(C)C)c1. The first kappa shape index (κ1) is 15.3. The quantitative estimate of drug-likeness (QED) is 0.878. The summed E-state index contributed by atoms with van der Waals surface area (Å²) in [6, 6.07) is 5.19. The molecule has 1 aromatic carbocycles. The Morgan fingerprint density at radius 2 is 1.59 bits per heavy atom. The van der Waals surface area contributed by atoms with Crippen molar-refractivity contribution >= 4 is 5.91 Å². The third-order valence-electron chi connectivity index (χ3n) is 2.03. The Morgan fingerprint density at radius 3 is 1.94 bits per heavy atom. The van der Waals surface area contributed by atoms with Crippen LogP contribution in [0.1, 0.15) is 31.6 Å². The lowest BCUT2D eigenvalue weighted by Gasteiger charge is -2.11. The van der Waals surface area contributed by atoms with E-state index in [1.165, 1.54) is 0 Å². The Bertz CT molecular complexity index is 353. The van der Waals surface area contributed by atoms with Crippen LogP contribution in [0.3, 0.4) is 0 Å². The van der Waals surface area contributed by atoms with Gasteiger partial charge in [-0.25, -0.2) is 0 Å². The minimum atomic E-state index is -0.132. The van der Waals surface area contributed by atoms with Crippen LogP contribution in [-0.2, 0) is 0 Å². The summed E-state index contributed by atoms with van der Waals surface area (Å²) in [7, 11) is 3.11. The van der Waals surface area contributed by atoms with Crippen LogP contribution in [0, 0.1) is 0 Å². The number of nitrogens with one attached hydrogen (secondary N) is 1. The third kappa shape index (κ3) is 4.34. The Balaban J connectivity index is 0.00000256. The van der Waals surface area contributed by atoms with Crippen molar-refractivity contribution in [1.82, 2.24) is 5.32 Å². The number of methoxy groups -OCH3 is 2. The molecule has 0 radical (unpaired) electrons. The van der Waals surface area contributed by atoms with Crippen LogP contribution in [0.15, 0.2) is 18.2 Å². The number of carbonyl (C=O) groups excluding carboxylic acids is 1. The molecule has 1 amide bonds. The summed E-state index contributed by atoms with van der Waals surface area (Å²) in [4.78, 5) is 11.8. The minimum absolute atomic E-state index is 0. The first-order valence-electron chi connectivity index (χ1n) is 5.10. The molecule has 0 aromatic heterocycles. The van der Waals surface area contributed by atoms with Crippen molar-refractivity contribution in [1.29, 1.82) is 0 Å².